The van der Waals surface area contributed by atoms with E-state index in [1.807, 2.05) is 25.2 Å². The van der Waals surface area contributed by atoms with E-state index < -0.39 is 0 Å². The molecule has 0 saturated heterocycles. The van der Waals surface area contributed by atoms with Crippen LogP contribution in [0.5, 0.6) is 5.75 Å². The number of rotatable bonds is 4. The molecule has 0 fully saturated rings. The zero-order valence-corrected chi connectivity index (χ0v) is 11.7. The van der Waals surface area contributed by atoms with E-state index in [-0.39, 0.29) is 0 Å². The monoisotopic (exact) mass is 259 g/mol. The number of para-hydroxylation sites is 1. The summed E-state index contributed by atoms with van der Waals surface area (Å²) in [4.78, 5) is 0. The maximum atomic E-state index is 9.84. The van der Waals surface area contributed by atoms with Gasteiger partial charge in [-0.15, -0.1) is 0 Å². The number of hydrogen-bond acceptors (Lipinski definition) is 2. The Balaban J connectivity index is 2.31. The predicted octanol–water partition coefficient (Wildman–Crippen LogP) is 2.05. The molecule has 3 heteroatoms. The molecular formula is C15H18NOP. The Hall–Kier alpha value is -1.37. The van der Waals surface area contributed by atoms with Crippen LogP contribution in [0.25, 0.3) is 0 Å². The van der Waals surface area contributed by atoms with Crippen molar-refractivity contribution in [2.24, 2.45) is 0 Å². The fourth-order valence-corrected chi connectivity index (χ4v) is 3.07. The Kier molecular flexibility index (Phi) is 4.35. The number of hydrogen-bond donors (Lipinski definition) is 2. The molecule has 2 aromatic carbocycles. The second kappa shape index (κ2) is 5.99. The van der Waals surface area contributed by atoms with Crippen molar-refractivity contribution in [3.05, 3.63) is 53.6 Å². The standard InChI is InChI=1S/C15H18NOP/c1-11-7-8-14(12(9-11)10-16-2)18-15-6-4-3-5-13(15)17/h3-9,16-18H,10H2,1-2H3. The van der Waals surface area contributed by atoms with Gasteiger partial charge < -0.3 is 10.4 Å². The van der Waals surface area contributed by atoms with E-state index >= 15 is 0 Å². The van der Waals surface area contributed by atoms with Crippen LogP contribution in [-0.4, -0.2) is 12.2 Å². The summed E-state index contributed by atoms with van der Waals surface area (Å²) in [6, 6.07) is 14.0. The third kappa shape index (κ3) is 3.10. The normalized spacial score (nSPS) is 11.2. The molecule has 0 bridgehead atoms. The van der Waals surface area contributed by atoms with Crippen molar-refractivity contribution >= 4 is 19.2 Å². The van der Waals surface area contributed by atoms with Gasteiger partial charge in [0.05, 0.1) is 0 Å². The number of aromatic hydroxyl groups is 1. The first-order valence-electron chi connectivity index (χ1n) is 6.00. The number of nitrogens with one attached hydrogen (secondary N) is 1. The highest BCUT2D eigenvalue weighted by molar-refractivity contribution is 7.55. The molecule has 0 aliphatic carbocycles. The summed E-state index contributed by atoms with van der Waals surface area (Å²) in [5.41, 5.74) is 2.57. The molecule has 2 nitrogen and oxygen atoms in total. The molecule has 0 aromatic heterocycles. The van der Waals surface area contributed by atoms with Crippen LogP contribution in [0.3, 0.4) is 0 Å². The minimum Gasteiger partial charge on any atom is -0.507 e. The molecule has 0 spiro atoms. The molecule has 18 heavy (non-hydrogen) atoms. The maximum absolute atomic E-state index is 9.84. The van der Waals surface area contributed by atoms with E-state index in [0.717, 1.165) is 11.8 Å². The summed E-state index contributed by atoms with van der Waals surface area (Å²) in [6.45, 7) is 2.96. The van der Waals surface area contributed by atoms with Crippen molar-refractivity contribution < 1.29 is 5.11 Å². The molecule has 2 N–H and O–H groups in total. The van der Waals surface area contributed by atoms with Gasteiger partial charge in [-0.1, -0.05) is 50.5 Å². The molecular weight excluding hydrogens is 241 g/mol. The molecule has 0 amide bonds. The molecule has 2 rings (SSSR count). The molecule has 0 heterocycles. The van der Waals surface area contributed by atoms with Crippen LogP contribution >= 0.6 is 8.58 Å². The van der Waals surface area contributed by atoms with Crippen LogP contribution in [0.15, 0.2) is 42.5 Å². The van der Waals surface area contributed by atoms with Gasteiger partial charge >= 0.3 is 0 Å². The van der Waals surface area contributed by atoms with Crippen LogP contribution in [0, 0.1) is 6.92 Å². The second-order valence-corrected chi connectivity index (χ2v) is 5.66. The smallest absolute Gasteiger partial charge is 0.123 e. The first kappa shape index (κ1) is 13.1. The Morgan fingerprint density at radius 2 is 1.89 bits per heavy atom. The van der Waals surface area contributed by atoms with Crippen LogP contribution < -0.4 is 15.9 Å². The van der Waals surface area contributed by atoms with E-state index in [1.165, 1.54) is 16.4 Å². The number of phenolic OH excluding ortho intramolecular Hbond substituents is 1. The van der Waals surface area contributed by atoms with Gasteiger partial charge in [-0.3, -0.25) is 0 Å². The lowest BCUT2D eigenvalue weighted by molar-refractivity contribution is 0.480. The lowest BCUT2D eigenvalue weighted by Crippen LogP contribution is -2.15. The molecule has 0 saturated carbocycles. The number of benzene rings is 2. The SMILES string of the molecule is CNCc1cc(C)ccc1Pc1ccccc1O. The molecule has 2 aromatic rings. The summed E-state index contributed by atoms with van der Waals surface area (Å²) in [6.07, 6.45) is 0. The van der Waals surface area contributed by atoms with Crippen molar-refractivity contribution in [2.45, 2.75) is 13.5 Å². The Morgan fingerprint density at radius 3 is 2.61 bits per heavy atom. The van der Waals surface area contributed by atoms with Crippen LogP contribution in [0.2, 0.25) is 0 Å². The summed E-state index contributed by atoms with van der Waals surface area (Å²) in [5.74, 6) is 0.381. The molecule has 0 radical (unpaired) electrons. The average Bonchev–Trinajstić information content (AvgIpc) is 2.35. The topological polar surface area (TPSA) is 32.3 Å². The summed E-state index contributed by atoms with van der Waals surface area (Å²) < 4.78 is 0. The minimum absolute atomic E-state index is 0.381. The molecule has 1 unspecified atom stereocenters. The fourth-order valence-electron chi connectivity index (χ4n) is 1.91. The quantitative estimate of drug-likeness (QED) is 0.824. The third-order valence-corrected chi connectivity index (χ3v) is 4.25. The fraction of sp³-hybridized carbons (Fsp3) is 0.200. The van der Waals surface area contributed by atoms with Crippen LogP contribution in [0.4, 0.5) is 0 Å². The van der Waals surface area contributed by atoms with Gasteiger partial charge in [0.2, 0.25) is 0 Å². The Bertz CT molecular complexity index is 540. The van der Waals surface area contributed by atoms with Crippen LogP contribution in [-0.2, 0) is 6.54 Å². The molecule has 0 aliphatic rings. The Labute approximate surface area is 110 Å². The molecule has 1 atom stereocenters. The van der Waals surface area contributed by atoms with Gasteiger partial charge in [0.25, 0.3) is 0 Å². The van der Waals surface area contributed by atoms with E-state index in [1.54, 1.807) is 6.07 Å². The highest BCUT2D eigenvalue weighted by Crippen LogP contribution is 2.20. The van der Waals surface area contributed by atoms with E-state index in [9.17, 15) is 5.11 Å². The van der Waals surface area contributed by atoms with Gasteiger partial charge in [-0.2, -0.15) is 0 Å². The van der Waals surface area contributed by atoms with Crippen molar-refractivity contribution in [3.8, 4) is 5.75 Å². The van der Waals surface area contributed by atoms with Gasteiger partial charge in [0.15, 0.2) is 0 Å². The van der Waals surface area contributed by atoms with Gasteiger partial charge in [-0.25, -0.2) is 0 Å². The first-order chi connectivity index (χ1) is 8.70. The summed E-state index contributed by atoms with van der Waals surface area (Å²) in [7, 11) is 2.44. The van der Waals surface area contributed by atoms with E-state index in [2.05, 4.69) is 30.4 Å². The average molecular weight is 259 g/mol. The van der Waals surface area contributed by atoms with Gasteiger partial charge in [0, 0.05) is 11.8 Å². The van der Waals surface area contributed by atoms with E-state index in [0.29, 0.717) is 14.3 Å². The minimum atomic E-state index is 0.381. The zero-order valence-electron chi connectivity index (χ0n) is 10.7. The van der Waals surface area contributed by atoms with Gasteiger partial charge in [-0.05, 0) is 30.9 Å². The summed E-state index contributed by atoms with van der Waals surface area (Å²) in [5, 5.41) is 15.3. The van der Waals surface area contributed by atoms with Crippen molar-refractivity contribution in [2.75, 3.05) is 7.05 Å². The number of aryl methyl sites for hydroxylation is 1. The predicted molar refractivity (Wildman–Crippen MR) is 79.6 cm³/mol. The number of phenols is 1. The lowest BCUT2D eigenvalue weighted by atomic mass is 10.1. The van der Waals surface area contributed by atoms with Gasteiger partial charge in [0.1, 0.15) is 5.75 Å². The van der Waals surface area contributed by atoms with Crippen molar-refractivity contribution in [1.29, 1.82) is 0 Å². The molecule has 94 valence electrons. The van der Waals surface area contributed by atoms with E-state index in [4.69, 9.17) is 0 Å². The van der Waals surface area contributed by atoms with Crippen molar-refractivity contribution in [3.63, 3.8) is 0 Å². The largest absolute Gasteiger partial charge is 0.507 e. The molecule has 0 aliphatic heterocycles. The first-order valence-corrected chi connectivity index (χ1v) is 7.00. The maximum Gasteiger partial charge on any atom is 0.123 e. The highest BCUT2D eigenvalue weighted by atomic mass is 31.1. The van der Waals surface area contributed by atoms with Crippen LogP contribution in [0.1, 0.15) is 11.1 Å². The second-order valence-electron chi connectivity index (χ2n) is 4.33. The highest BCUT2D eigenvalue weighted by Gasteiger charge is 2.06. The third-order valence-electron chi connectivity index (χ3n) is 2.80. The summed E-state index contributed by atoms with van der Waals surface area (Å²) >= 11 is 0. The lowest BCUT2D eigenvalue weighted by Gasteiger charge is -2.11. The Morgan fingerprint density at radius 1 is 1.11 bits per heavy atom. The zero-order chi connectivity index (χ0) is 13.0. The van der Waals surface area contributed by atoms with Crippen molar-refractivity contribution in [1.82, 2.24) is 5.32 Å².